The third kappa shape index (κ3) is 3.48. The predicted octanol–water partition coefficient (Wildman–Crippen LogP) is 5.42. The molecule has 3 rings (SSSR count). The van der Waals surface area contributed by atoms with Crippen LogP contribution in [0, 0.1) is 0 Å². The number of thiazole rings is 1. The summed E-state index contributed by atoms with van der Waals surface area (Å²) >= 11 is 19.0. The topological polar surface area (TPSA) is 54.9 Å². The van der Waals surface area contributed by atoms with E-state index in [0.29, 0.717) is 5.13 Å². The number of halogens is 3. The van der Waals surface area contributed by atoms with Gasteiger partial charge in [-0.15, -0.1) is 11.3 Å². The first-order chi connectivity index (χ1) is 11.1. The highest BCUT2D eigenvalue weighted by Gasteiger charge is 2.18. The summed E-state index contributed by atoms with van der Waals surface area (Å²) in [6.07, 6.45) is 1.28. The van der Waals surface area contributed by atoms with Gasteiger partial charge in [0.1, 0.15) is 5.69 Å². The molecule has 0 atom stereocenters. The molecule has 3 aromatic rings. The lowest BCUT2D eigenvalue weighted by Gasteiger charge is -2.05. The van der Waals surface area contributed by atoms with Crippen molar-refractivity contribution in [3.63, 3.8) is 0 Å². The smallest absolute Gasteiger partial charge is 0.277 e. The number of hydrogen-bond donors (Lipinski definition) is 1. The summed E-state index contributed by atoms with van der Waals surface area (Å²) < 4.78 is 0. The molecule has 0 aliphatic rings. The first-order valence-electron chi connectivity index (χ1n) is 6.38. The zero-order chi connectivity index (χ0) is 16.4. The summed E-state index contributed by atoms with van der Waals surface area (Å²) in [7, 11) is 0. The average Bonchev–Trinajstić information content (AvgIpc) is 3.02. The number of benzene rings is 1. The normalized spacial score (nSPS) is 10.6. The molecule has 0 bridgehead atoms. The SMILES string of the molecule is O=C(Nc1nc(-c2ccccc2)cs1)c1ncc(Cl)c(Cl)c1Cl. The number of carbonyl (C=O) groups excluding carboxylic acids is 1. The van der Waals surface area contributed by atoms with Crippen molar-refractivity contribution in [2.45, 2.75) is 0 Å². The van der Waals surface area contributed by atoms with Gasteiger partial charge >= 0.3 is 0 Å². The summed E-state index contributed by atoms with van der Waals surface area (Å²) in [6.45, 7) is 0. The van der Waals surface area contributed by atoms with Crippen molar-refractivity contribution in [3.8, 4) is 11.3 Å². The zero-order valence-corrected chi connectivity index (χ0v) is 14.5. The lowest BCUT2D eigenvalue weighted by Crippen LogP contribution is -2.14. The van der Waals surface area contributed by atoms with E-state index >= 15 is 0 Å². The number of rotatable bonds is 3. The van der Waals surface area contributed by atoms with Gasteiger partial charge in [0.2, 0.25) is 0 Å². The van der Waals surface area contributed by atoms with Crippen molar-refractivity contribution in [1.82, 2.24) is 9.97 Å². The third-order valence-electron chi connectivity index (χ3n) is 2.93. The monoisotopic (exact) mass is 383 g/mol. The van der Waals surface area contributed by atoms with Gasteiger partial charge in [0, 0.05) is 17.1 Å². The Morgan fingerprint density at radius 3 is 2.57 bits per heavy atom. The molecule has 0 saturated carbocycles. The fraction of sp³-hybridized carbons (Fsp3) is 0. The van der Waals surface area contributed by atoms with E-state index in [2.05, 4.69) is 15.3 Å². The number of pyridine rings is 1. The molecule has 1 amide bonds. The lowest BCUT2D eigenvalue weighted by molar-refractivity contribution is 0.102. The van der Waals surface area contributed by atoms with Crippen LogP contribution >= 0.6 is 46.1 Å². The maximum Gasteiger partial charge on any atom is 0.277 e. The molecule has 0 saturated heterocycles. The highest BCUT2D eigenvalue weighted by molar-refractivity contribution is 7.14. The summed E-state index contributed by atoms with van der Waals surface area (Å²) in [4.78, 5) is 20.5. The Bertz CT molecular complexity index is 868. The third-order valence-corrected chi connectivity index (χ3v) is 4.92. The first-order valence-corrected chi connectivity index (χ1v) is 8.39. The van der Waals surface area contributed by atoms with Crippen molar-refractivity contribution in [3.05, 3.63) is 62.7 Å². The van der Waals surface area contributed by atoms with E-state index in [4.69, 9.17) is 34.8 Å². The van der Waals surface area contributed by atoms with E-state index < -0.39 is 5.91 Å². The Labute approximate surface area is 151 Å². The van der Waals surface area contributed by atoms with Gasteiger partial charge in [-0.2, -0.15) is 0 Å². The number of nitrogens with one attached hydrogen (secondary N) is 1. The Kier molecular flexibility index (Phi) is 4.82. The van der Waals surface area contributed by atoms with E-state index in [9.17, 15) is 4.79 Å². The molecule has 116 valence electrons. The van der Waals surface area contributed by atoms with Crippen molar-refractivity contribution < 1.29 is 4.79 Å². The standard InChI is InChI=1S/C15H8Cl3N3OS/c16-9-6-19-13(12(18)11(9)17)14(22)21-15-20-10(7-23-15)8-4-2-1-3-5-8/h1-7H,(H,20,21,22). The van der Waals surface area contributed by atoms with E-state index in [0.717, 1.165) is 11.3 Å². The van der Waals surface area contributed by atoms with Crippen LogP contribution in [-0.4, -0.2) is 15.9 Å². The van der Waals surface area contributed by atoms with Crippen LogP contribution in [0.2, 0.25) is 15.1 Å². The van der Waals surface area contributed by atoms with Gasteiger partial charge in [-0.25, -0.2) is 9.97 Å². The fourth-order valence-corrected chi connectivity index (χ4v) is 3.11. The largest absolute Gasteiger partial charge is 0.296 e. The average molecular weight is 385 g/mol. The lowest BCUT2D eigenvalue weighted by atomic mass is 10.2. The summed E-state index contributed by atoms with van der Waals surface area (Å²) in [6, 6.07) is 9.66. The minimum atomic E-state index is -0.498. The van der Waals surface area contributed by atoms with Gasteiger partial charge in [0.15, 0.2) is 5.13 Å². The number of aromatic nitrogens is 2. The molecule has 1 N–H and O–H groups in total. The van der Waals surface area contributed by atoms with Crippen LogP contribution in [0.1, 0.15) is 10.5 Å². The zero-order valence-electron chi connectivity index (χ0n) is 11.4. The number of hydrogen-bond acceptors (Lipinski definition) is 4. The Morgan fingerprint density at radius 2 is 1.83 bits per heavy atom. The van der Waals surface area contributed by atoms with E-state index in [1.807, 2.05) is 35.7 Å². The molecule has 0 aliphatic heterocycles. The van der Waals surface area contributed by atoms with Crippen LogP contribution in [0.4, 0.5) is 5.13 Å². The first kappa shape index (κ1) is 16.2. The van der Waals surface area contributed by atoms with Crippen molar-refractivity contribution in [1.29, 1.82) is 0 Å². The molecule has 8 heteroatoms. The number of nitrogens with zero attached hydrogens (tertiary/aromatic N) is 2. The van der Waals surface area contributed by atoms with Crippen molar-refractivity contribution >= 4 is 57.2 Å². The van der Waals surface area contributed by atoms with E-state index in [-0.39, 0.29) is 20.8 Å². The second-order valence-electron chi connectivity index (χ2n) is 4.44. The Hall–Kier alpha value is -1.66. The van der Waals surface area contributed by atoms with Crippen LogP contribution in [0.25, 0.3) is 11.3 Å². The van der Waals surface area contributed by atoms with Crippen LogP contribution in [0.5, 0.6) is 0 Å². The number of carbonyl (C=O) groups is 1. The van der Waals surface area contributed by atoms with Gasteiger partial charge < -0.3 is 0 Å². The highest BCUT2D eigenvalue weighted by Crippen LogP contribution is 2.32. The van der Waals surface area contributed by atoms with Crippen molar-refractivity contribution in [2.24, 2.45) is 0 Å². The molecule has 0 aliphatic carbocycles. The van der Waals surface area contributed by atoms with E-state index in [1.165, 1.54) is 17.5 Å². The second-order valence-corrected chi connectivity index (χ2v) is 6.46. The summed E-state index contributed by atoms with van der Waals surface area (Å²) in [5, 5.41) is 5.25. The number of anilines is 1. The highest BCUT2D eigenvalue weighted by atomic mass is 35.5. The molecule has 0 unspecified atom stereocenters. The van der Waals surface area contributed by atoms with Crippen LogP contribution < -0.4 is 5.32 Å². The van der Waals surface area contributed by atoms with Gasteiger partial charge in [0.25, 0.3) is 5.91 Å². The van der Waals surface area contributed by atoms with Gasteiger partial charge in [-0.3, -0.25) is 10.1 Å². The molecule has 4 nitrogen and oxygen atoms in total. The molecule has 1 aromatic carbocycles. The minimum absolute atomic E-state index is 0.00229. The Balaban J connectivity index is 1.82. The number of amides is 1. The van der Waals surface area contributed by atoms with Crippen LogP contribution in [-0.2, 0) is 0 Å². The van der Waals surface area contributed by atoms with Gasteiger partial charge in [-0.1, -0.05) is 65.1 Å². The maximum absolute atomic E-state index is 12.3. The molecule has 0 radical (unpaired) electrons. The molecular weight excluding hydrogens is 377 g/mol. The van der Waals surface area contributed by atoms with Gasteiger partial charge in [-0.05, 0) is 0 Å². The summed E-state index contributed by atoms with van der Waals surface area (Å²) in [5.74, 6) is -0.498. The maximum atomic E-state index is 12.3. The van der Waals surface area contributed by atoms with E-state index in [1.54, 1.807) is 0 Å². The predicted molar refractivity (Wildman–Crippen MR) is 94.8 cm³/mol. The molecule has 23 heavy (non-hydrogen) atoms. The minimum Gasteiger partial charge on any atom is -0.296 e. The molecule has 2 heterocycles. The van der Waals surface area contributed by atoms with Gasteiger partial charge in [0.05, 0.1) is 20.8 Å². The molecule has 2 aromatic heterocycles. The molecular formula is C15H8Cl3N3OS. The quantitative estimate of drug-likeness (QED) is 0.656. The second kappa shape index (κ2) is 6.84. The Morgan fingerprint density at radius 1 is 1.09 bits per heavy atom. The van der Waals surface area contributed by atoms with Crippen LogP contribution in [0.15, 0.2) is 41.9 Å². The van der Waals surface area contributed by atoms with Crippen LogP contribution in [0.3, 0.4) is 0 Å². The summed E-state index contributed by atoms with van der Waals surface area (Å²) in [5.41, 5.74) is 1.74. The fourth-order valence-electron chi connectivity index (χ4n) is 1.83. The molecule has 0 fully saturated rings. The van der Waals surface area contributed by atoms with Crippen molar-refractivity contribution in [2.75, 3.05) is 5.32 Å². The molecule has 0 spiro atoms.